The van der Waals surface area contributed by atoms with E-state index in [-0.39, 0.29) is 18.2 Å². The molecule has 150 valence electrons. The SMILES string of the molecule is O=C(N[C@H]1CCCCC(O)C1)N1CCN(c2ccnc3cc(Cl)ccc23)CC1. The Morgan fingerprint density at radius 3 is 2.75 bits per heavy atom. The molecule has 1 aliphatic carbocycles. The summed E-state index contributed by atoms with van der Waals surface area (Å²) < 4.78 is 0. The van der Waals surface area contributed by atoms with Crippen LogP contribution < -0.4 is 10.2 Å². The topological polar surface area (TPSA) is 68.7 Å². The fourth-order valence-corrected chi connectivity index (χ4v) is 4.43. The van der Waals surface area contributed by atoms with E-state index in [9.17, 15) is 9.90 Å². The number of aliphatic hydroxyl groups excluding tert-OH is 1. The highest BCUT2D eigenvalue weighted by molar-refractivity contribution is 6.31. The Morgan fingerprint density at radius 2 is 1.93 bits per heavy atom. The van der Waals surface area contributed by atoms with Crippen molar-refractivity contribution in [2.75, 3.05) is 31.1 Å². The first kappa shape index (κ1) is 19.3. The molecule has 2 fully saturated rings. The molecule has 1 saturated heterocycles. The van der Waals surface area contributed by atoms with Gasteiger partial charge in [0.25, 0.3) is 0 Å². The lowest BCUT2D eigenvalue weighted by atomic mass is 10.1. The van der Waals surface area contributed by atoms with E-state index in [1.54, 1.807) is 0 Å². The molecule has 1 saturated carbocycles. The van der Waals surface area contributed by atoms with Crippen molar-refractivity contribution in [1.29, 1.82) is 0 Å². The minimum atomic E-state index is -0.293. The molecule has 2 N–H and O–H groups in total. The number of piperazine rings is 1. The highest BCUT2D eigenvalue weighted by Gasteiger charge is 2.26. The summed E-state index contributed by atoms with van der Waals surface area (Å²) in [5.41, 5.74) is 2.02. The van der Waals surface area contributed by atoms with Gasteiger partial charge in [-0.05, 0) is 43.5 Å². The molecule has 4 rings (SSSR count). The van der Waals surface area contributed by atoms with Gasteiger partial charge in [-0.15, -0.1) is 0 Å². The van der Waals surface area contributed by atoms with E-state index in [4.69, 9.17) is 11.6 Å². The van der Waals surface area contributed by atoms with Gasteiger partial charge in [0, 0.05) is 54.5 Å². The molecule has 2 amide bonds. The molecule has 1 aromatic carbocycles. The maximum Gasteiger partial charge on any atom is 0.317 e. The molecule has 2 heterocycles. The molecule has 2 aromatic rings. The number of carbonyl (C=O) groups is 1. The second-order valence-electron chi connectivity index (χ2n) is 7.79. The number of pyridine rings is 1. The number of fused-ring (bicyclic) bond motifs is 1. The summed E-state index contributed by atoms with van der Waals surface area (Å²) in [7, 11) is 0. The van der Waals surface area contributed by atoms with E-state index < -0.39 is 0 Å². The van der Waals surface area contributed by atoms with Crippen LogP contribution >= 0.6 is 11.6 Å². The Morgan fingerprint density at radius 1 is 1.14 bits per heavy atom. The lowest BCUT2D eigenvalue weighted by Gasteiger charge is -2.37. The lowest BCUT2D eigenvalue weighted by Crippen LogP contribution is -2.53. The summed E-state index contributed by atoms with van der Waals surface area (Å²) in [6, 6.07) is 7.88. The molecule has 0 bridgehead atoms. The fourth-order valence-electron chi connectivity index (χ4n) is 4.26. The molecule has 1 aromatic heterocycles. The molecule has 0 radical (unpaired) electrons. The van der Waals surface area contributed by atoms with E-state index >= 15 is 0 Å². The number of amides is 2. The number of hydrogen-bond acceptors (Lipinski definition) is 4. The normalized spacial score (nSPS) is 23.5. The number of hydrogen-bond donors (Lipinski definition) is 2. The number of anilines is 1. The third-order valence-corrected chi connectivity index (χ3v) is 6.05. The van der Waals surface area contributed by atoms with Gasteiger partial charge in [0.05, 0.1) is 11.6 Å². The number of nitrogens with zero attached hydrogens (tertiary/aromatic N) is 3. The zero-order valence-electron chi connectivity index (χ0n) is 16.0. The number of urea groups is 1. The first-order chi connectivity index (χ1) is 13.6. The van der Waals surface area contributed by atoms with Crippen molar-refractivity contribution in [3.05, 3.63) is 35.5 Å². The third-order valence-electron chi connectivity index (χ3n) is 5.81. The highest BCUT2D eigenvalue weighted by Crippen LogP contribution is 2.28. The van der Waals surface area contributed by atoms with Crippen molar-refractivity contribution in [1.82, 2.24) is 15.2 Å². The van der Waals surface area contributed by atoms with Gasteiger partial charge in [-0.2, -0.15) is 0 Å². The maximum absolute atomic E-state index is 12.7. The van der Waals surface area contributed by atoms with Crippen LogP contribution in [0.4, 0.5) is 10.5 Å². The summed E-state index contributed by atoms with van der Waals surface area (Å²) in [5.74, 6) is 0. The number of rotatable bonds is 2. The first-order valence-electron chi connectivity index (χ1n) is 10.1. The molecule has 2 atom stereocenters. The lowest BCUT2D eigenvalue weighted by molar-refractivity contribution is 0.144. The van der Waals surface area contributed by atoms with E-state index in [1.165, 1.54) is 0 Å². The average Bonchev–Trinajstić information content (AvgIpc) is 2.91. The molecule has 7 heteroatoms. The van der Waals surface area contributed by atoms with E-state index in [0.29, 0.717) is 24.5 Å². The van der Waals surface area contributed by atoms with Crippen molar-refractivity contribution in [3.63, 3.8) is 0 Å². The Hall–Kier alpha value is -2.05. The van der Waals surface area contributed by atoms with Gasteiger partial charge in [0.2, 0.25) is 0 Å². The standard InChI is InChI=1S/C21H27ClN4O2/c22-15-5-6-18-19(13-15)23-8-7-20(18)25-9-11-26(12-10-25)21(28)24-16-3-1-2-4-17(27)14-16/h5-8,13,16-17,27H,1-4,9-12,14H2,(H,24,28)/t16-,17?/m0/s1. The number of aromatic nitrogens is 1. The van der Waals surface area contributed by atoms with Gasteiger partial charge in [0.1, 0.15) is 0 Å². The Balaban J connectivity index is 1.37. The van der Waals surface area contributed by atoms with Crippen LogP contribution in [0.25, 0.3) is 10.9 Å². The second-order valence-corrected chi connectivity index (χ2v) is 8.22. The molecule has 6 nitrogen and oxygen atoms in total. The summed E-state index contributed by atoms with van der Waals surface area (Å²) in [5, 5.41) is 14.9. The number of nitrogens with one attached hydrogen (secondary N) is 1. The summed E-state index contributed by atoms with van der Waals surface area (Å²) >= 11 is 6.09. The van der Waals surface area contributed by atoms with Crippen molar-refractivity contribution < 1.29 is 9.90 Å². The summed E-state index contributed by atoms with van der Waals surface area (Å²) in [6.07, 6.45) is 6.08. The van der Waals surface area contributed by atoms with E-state index in [1.807, 2.05) is 35.4 Å². The Labute approximate surface area is 170 Å². The van der Waals surface area contributed by atoms with Gasteiger partial charge in [-0.3, -0.25) is 4.98 Å². The predicted molar refractivity (Wildman–Crippen MR) is 112 cm³/mol. The largest absolute Gasteiger partial charge is 0.393 e. The highest BCUT2D eigenvalue weighted by atomic mass is 35.5. The van der Waals surface area contributed by atoms with Crippen LogP contribution in [0.3, 0.4) is 0 Å². The predicted octanol–water partition coefficient (Wildman–Crippen LogP) is 3.41. The third kappa shape index (κ3) is 4.33. The molecule has 1 aliphatic heterocycles. The van der Waals surface area contributed by atoms with Crippen molar-refractivity contribution in [3.8, 4) is 0 Å². The summed E-state index contributed by atoms with van der Waals surface area (Å²) in [6.45, 7) is 2.92. The van der Waals surface area contributed by atoms with Gasteiger partial charge >= 0.3 is 6.03 Å². The first-order valence-corrected chi connectivity index (χ1v) is 10.5. The molecular weight excluding hydrogens is 376 g/mol. The molecular formula is C21H27ClN4O2. The molecule has 2 aliphatic rings. The monoisotopic (exact) mass is 402 g/mol. The molecule has 1 unspecified atom stereocenters. The van der Waals surface area contributed by atoms with Crippen molar-refractivity contribution in [2.45, 2.75) is 44.2 Å². The van der Waals surface area contributed by atoms with Crippen LogP contribution in [0.2, 0.25) is 5.02 Å². The van der Waals surface area contributed by atoms with Crippen LogP contribution in [-0.4, -0.2) is 59.3 Å². The fraction of sp³-hybridized carbons (Fsp3) is 0.524. The quantitative estimate of drug-likeness (QED) is 0.755. The zero-order valence-corrected chi connectivity index (χ0v) is 16.7. The van der Waals surface area contributed by atoms with Crippen LogP contribution in [0, 0.1) is 0 Å². The van der Waals surface area contributed by atoms with Crippen LogP contribution in [-0.2, 0) is 0 Å². The smallest absolute Gasteiger partial charge is 0.317 e. The second kappa shape index (κ2) is 8.53. The number of halogens is 1. The van der Waals surface area contributed by atoms with Crippen LogP contribution in [0.5, 0.6) is 0 Å². The number of carbonyl (C=O) groups excluding carboxylic acids is 1. The number of benzene rings is 1. The number of aliphatic hydroxyl groups is 1. The minimum Gasteiger partial charge on any atom is -0.393 e. The van der Waals surface area contributed by atoms with E-state index in [0.717, 1.165) is 55.4 Å². The van der Waals surface area contributed by atoms with E-state index in [2.05, 4.69) is 15.2 Å². The summed E-state index contributed by atoms with van der Waals surface area (Å²) in [4.78, 5) is 21.3. The van der Waals surface area contributed by atoms with Gasteiger partial charge in [-0.1, -0.05) is 24.4 Å². The van der Waals surface area contributed by atoms with Gasteiger partial charge in [-0.25, -0.2) is 4.79 Å². The molecule has 28 heavy (non-hydrogen) atoms. The molecule has 0 spiro atoms. The Bertz CT molecular complexity index is 838. The maximum atomic E-state index is 12.7. The van der Waals surface area contributed by atoms with Gasteiger partial charge < -0.3 is 20.2 Å². The zero-order chi connectivity index (χ0) is 19.5. The van der Waals surface area contributed by atoms with Crippen molar-refractivity contribution >= 4 is 34.2 Å². The van der Waals surface area contributed by atoms with Crippen LogP contribution in [0.15, 0.2) is 30.5 Å². The minimum absolute atomic E-state index is 0.00915. The van der Waals surface area contributed by atoms with Crippen LogP contribution in [0.1, 0.15) is 32.1 Å². The average molecular weight is 403 g/mol. The Kier molecular flexibility index (Phi) is 5.87. The van der Waals surface area contributed by atoms with Gasteiger partial charge in [0.15, 0.2) is 0 Å². The van der Waals surface area contributed by atoms with Crippen molar-refractivity contribution in [2.24, 2.45) is 0 Å².